The summed E-state index contributed by atoms with van der Waals surface area (Å²) in [7, 11) is 4.43. The predicted octanol–water partition coefficient (Wildman–Crippen LogP) is 2.54. The van der Waals surface area contributed by atoms with Crippen molar-refractivity contribution in [3.63, 3.8) is 0 Å². The molecule has 1 aromatic rings. The van der Waals surface area contributed by atoms with E-state index in [4.69, 9.17) is 26.2 Å². The minimum Gasteiger partial charge on any atom is -0.495 e. The first-order chi connectivity index (χ1) is 10.3. The van der Waals surface area contributed by atoms with E-state index in [0.717, 1.165) is 0 Å². The van der Waals surface area contributed by atoms with Crippen molar-refractivity contribution in [2.45, 2.75) is 6.92 Å². The number of benzene rings is 1. The zero-order chi connectivity index (χ0) is 16.9. The van der Waals surface area contributed by atoms with Gasteiger partial charge in [0.2, 0.25) is 0 Å². The van der Waals surface area contributed by atoms with Gasteiger partial charge in [0.25, 0.3) is 0 Å². The van der Waals surface area contributed by atoms with Gasteiger partial charge in [-0.15, -0.1) is 0 Å². The molecule has 122 valence electrons. The molecule has 0 radical (unpaired) electrons. The third-order valence-electron chi connectivity index (χ3n) is 3.03. The van der Waals surface area contributed by atoms with Crippen LogP contribution in [0.2, 0.25) is 5.02 Å². The number of ether oxygens (including phenoxy) is 2. The molecule has 0 saturated carbocycles. The first kappa shape index (κ1) is 17.9. The number of aliphatic carboxylic acids is 1. The number of nitrogens with zero attached hydrogens (tertiary/aromatic N) is 1. The highest BCUT2D eigenvalue weighted by molar-refractivity contribution is 6.32. The highest BCUT2D eigenvalue weighted by Crippen LogP contribution is 2.35. The van der Waals surface area contributed by atoms with Crippen LogP contribution in [0.3, 0.4) is 0 Å². The van der Waals surface area contributed by atoms with E-state index in [1.807, 2.05) is 0 Å². The highest BCUT2D eigenvalue weighted by Gasteiger charge is 2.19. The van der Waals surface area contributed by atoms with Crippen LogP contribution in [0.4, 0.5) is 10.5 Å². The van der Waals surface area contributed by atoms with Gasteiger partial charge in [-0.2, -0.15) is 0 Å². The molecule has 0 aliphatic heterocycles. The summed E-state index contributed by atoms with van der Waals surface area (Å²) in [4.78, 5) is 24.2. The van der Waals surface area contributed by atoms with Crippen LogP contribution in [-0.4, -0.2) is 49.8 Å². The number of amides is 2. The molecule has 8 heteroatoms. The molecule has 1 unspecified atom stereocenters. The second kappa shape index (κ2) is 7.74. The molecule has 2 N–H and O–H groups in total. The van der Waals surface area contributed by atoms with Gasteiger partial charge in [0, 0.05) is 19.7 Å². The van der Waals surface area contributed by atoms with Gasteiger partial charge in [-0.1, -0.05) is 18.5 Å². The summed E-state index contributed by atoms with van der Waals surface area (Å²) < 4.78 is 10.3. The van der Waals surface area contributed by atoms with Crippen molar-refractivity contribution in [3.05, 3.63) is 17.2 Å². The third-order valence-corrected chi connectivity index (χ3v) is 3.33. The normalized spacial score (nSPS) is 11.5. The Morgan fingerprint density at radius 1 is 1.32 bits per heavy atom. The maximum Gasteiger partial charge on any atom is 0.321 e. The maximum atomic E-state index is 12.1. The van der Waals surface area contributed by atoms with Gasteiger partial charge in [0.05, 0.1) is 30.8 Å². The van der Waals surface area contributed by atoms with E-state index in [1.54, 1.807) is 6.07 Å². The van der Waals surface area contributed by atoms with Gasteiger partial charge in [0.1, 0.15) is 11.5 Å². The van der Waals surface area contributed by atoms with E-state index in [-0.39, 0.29) is 6.54 Å². The van der Waals surface area contributed by atoms with Crippen molar-refractivity contribution in [1.29, 1.82) is 0 Å². The number of nitrogens with one attached hydrogen (secondary N) is 1. The number of anilines is 1. The summed E-state index contributed by atoms with van der Waals surface area (Å²) in [6.45, 7) is 1.60. The Kier molecular flexibility index (Phi) is 6.30. The first-order valence-electron chi connectivity index (χ1n) is 6.46. The average molecular weight is 331 g/mol. The van der Waals surface area contributed by atoms with E-state index in [9.17, 15) is 9.59 Å². The number of halogens is 1. The Morgan fingerprint density at radius 2 is 1.91 bits per heavy atom. The van der Waals surface area contributed by atoms with Gasteiger partial charge >= 0.3 is 12.0 Å². The summed E-state index contributed by atoms with van der Waals surface area (Å²) in [6, 6.07) is 2.59. The smallest absolute Gasteiger partial charge is 0.321 e. The number of hydrogen-bond acceptors (Lipinski definition) is 4. The quantitative estimate of drug-likeness (QED) is 0.836. The predicted molar refractivity (Wildman–Crippen MR) is 83.0 cm³/mol. The monoisotopic (exact) mass is 330 g/mol. The van der Waals surface area contributed by atoms with Crippen LogP contribution < -0.4 is 14.8 Å². The van der Waals surface area contributed by atoms with Crippen LogP contribution in [0.25, 0.3) is 0 Å². The Balaban J connectivity index is 2.87. The molecule has 0 aromatic heterocycles. The summed E-state index contributed by atoms with van der Waals surface area (Å²) in [5.41, 5.74) is 0.369. The Labute approximate surface area is 133 Å². The molecular weight excluding hydrogens is 312 g/mol. The molecular formula is C14H19ClN2O5. The number of carbonyl (C=O) groups excluding carboxylic acids is 1. The van der Waals surface area contributed by atoms with Gasteiger partial charge in [-0.25, -0.2) is 4.79 Å². The first-order valence-corrected chi connectivity index (χ1v) is 6.84. The molecule has 0 heterocycles. The molecule has 7 nitrogen and oxygen atoms in total. The highest BCUT2D eigenvalue weighted by atomic mass is 35.5. The number of methoxy groups -OCH3 is 2. The van der Waals surface area contributed by atoms with Gasteiger partial charge in [0.15, 0.2) is 0 Å². The number of rotatable bonds is 6. The fourth-order valence-electron chi connectivity index (χ4n) is 1.74. The van der Waals surface area contributed by atoms with Crippen LogP contribution in [0.1, 0.15) is 6.92 Å². The van der Waals surface area contributed by atoms with E-state index < -0.39 is 17.9 Å². The summed E-state index contributed by atoms with van der Waals surface area (Å²) in [5, 5.41) is 11.8. The number of carbonyl (C=O) groups is 2. The molecule has 1 atom stereocenters. The van der Waals surface area contributed by atoms with E-state index in [0.29, 0.717) is 22.2 Å². The SMILES string of the molecule is COc1cc(OC)c(NC(=O)N(C)CC(C)C(=O)O)cc1Cl. The average Bonchev–Trinajstić information content (AvgIpc) is 2.47. The topological polar surface area (TPSA) is 88.1 Å². The number of urea groups is 1. The van der Waals surface area contributed by atoms with Crippen molar-refractivity contribution in [2.75, 3.05) is 33.1 Å². The summed E-state index contributed by atoms with van der Waals surface area (Å²) in [6.07, 6.45) is 0. The van der Waals surface area contributed by atoms with E-state index >= 15 is 0 Å². The minimum absolute atomic E-state index is 0.0768. The lowest BCUT2D eigenvalue weighted by Gasteiger charge is -2.21. The Bertz CT molecular complexity index is 564. The zero-order valence-corrected chi connectivity index (χ0v) is 13.6. The Hall–Kier alpha value is -2.15. The van der Waals surface area contributed by atoms with Crippen molar-refractivity contribution in [1.82, 2.24) is 4.90 Å². The molecule has 0 saturated heterocycles. The largest absolute Gasteiger partial charge is 0.495 e. The van der Waals surface area contributed by atoms with Crippen molar-refractivity contribution in [2.24, 2.45) is 5.92 Å². The van der Waals surface area contributed by atoms with Gasteiger partial charge < -0.3 is 24.8 Å². The van der Waals surface area contributed by atoms with E-state index in [2.05, 4.69) is 5.32 Å². The van der Waals surface area contributed by atoms with Crippen LogP contribution in [0, 0.1) is 5.92 Å². The van der Waals surface area contributed by atoms with Gasteiger partial charge in [-0.3, -0.25) is 4.79 Å². The van der Waals surface area contributed by atoms with Crippen molar-refractivity contribution in [3.8, 4) is 11.5 Å². The van der Waals surface area contributed by atoms with Crippen molar-refractivity contribution < 1.29 is 24.2 Å². The van der Waals surface area contributed by atoms with Crippen molar-refractivity contribution >= 4 is 29.3 Å². The molecule has 1 aromatic carbocycles. The number of carboxylic acid groups (broad SMARTS) is 1. The maximum absolute atomic E-state index is 12.1. The van der Waals surface area contributed by atoms with Crippen LogP contribution >= 0.6 is 11.6 Å². The molecule has 0 spiro atoms. The summed E-state index contributed by atoms with van der Waals surface area (Å²) in [5.74, 6) is -0.833. The standard InChI is InChI=1S/C14H19ClN2O5/c1-8(13(18)19)7-17(2)14(20)16-10-5-9(15)11(21-3)6-12(10)22-4/h5-6,8H,7H2,1-4H3,(H,16,20)(H,18,19). The van der Waals surface area contributed by atoms with Gasteiger partial charge in [-0.05, 0) is 6.07 Å². The minimum atomic E-state index is -0.968. The lowest BCUT2D eigenvalue weighted by atomic mass is 10.2. The lowest BCUT2D eigenvalue weighted by Crippen LogP contribution is -2.36. The molecule has 1 rings (SSSR count). The molecule has 0 fully saturated rings. The summed E-state index contributed by atoms with van der Waals surface area (Å²) >= 11 is 6.02. The zero-order valence-electron chi connectivity index (χ0n) is 12.8. The van der Waals surface area contributed by atoms with Crippen LogP contribution in [0.5, 0.6) is 11.5 Å². The third kappa shape index (κ3) is 4.42. The van der Waals surface area contributed by atoms with Crippen LogP contribution in [0.15, 0.2) is 12.1 Å². The van der Waals surface area contributed by atoms with Crippen LogP contribution in [-0.2, 0) is 4.79 Å². The Morgan fingerprint density at radius 3 is 2.41 bits per heavy atom. The molecule has 0 aliphatic rings. The fraction of sp³-hybridized carbons (Fsp3) is 0.429. The molecule has 0 aliphatic carbocycles. The molecule has 0 bridgehead atoms. The molecule has 2 amide bonds. The number of carboxylic acids is 1. The fourth-order valence-corrected chi connectivity index (χ4v) is 1.98. The van der Waals surface area contributed by atoms with E-state index in [1.165, 1.54) is 39.2 Å². The number of hydrogen-bond donors (Lipinski definition) is 2. The lowest BCUT2D eigenvalue weighted by molar-refractivity contribution is -0.141. The second-order valence-electron chi connectivity index (χ2n) is 4.74. The second-order valence-corrected chi connectivity index (χ2v) is 5.14. The molecule has 22 heavy (non-hydrogen) atoms.